The van der Waals surface area contributed by atoms with E-state index in [0.29, 0.717) is 41.8 Å². The molecule has 2 atom stereocenters. The van der Waals surface area contributed by atoms with Gasteiger partial charge in [0.25, 0.3) is 5.91 Å². The van der Waals surface area contributed by atoms with Crippen LogP contribution in [0.4, 0.5) is 10.1 Å². The number of piperazine rings is 1. The molecule has 2 amide bonds. The van der Waals surface area contributed by atoms with Crippen molar-refractivity contribution in [3.63, 3.8) is 0 Å². The average molecular weight is 430 g/mol. The fraction of sp³-hybridized carbons (Fsp3) is 0.391. The van der Waals surface area contributed by atoms with E-state index < -0.39 is 0 Å². The first-order chi connectivity index (χ1) is 14.4. The monoisotopic (exact) mass is 429 g/mol. The third-order valence-electron chi connectivity index (χ3n) is 5.89. The molecule has 1 aliphatic carbocycles. The first-order valence-corrected chi connectivity index (χ1v) is 10.6. The van der Waals surface area contributed by atoms with Crippen LogP contribution in [0.15, 0.2) is 42.5 Å². The molecule has 0 aromatic heterocycles. The molecule has 5 nitrogen and oxygen atoms in total. The fourth-order valence-corrected chi connectivity index (χ4v) is 4.06. The minimum Gasteiger partial charge on any atom is -0.336 e. The van der Waals surface area contributed by atoms with Crippen molar-refractivity contribution >= 4 is 29.1 Å². The second-order valence-electron chi connectivity index (χ2n) is 8.19. The van der Waals surface area contributed by atoms with Crippen molar-refractivity contribution in [1.82, 2.24) is 9.80 Å². The second kappa shape index (κ2) is 8.74. The summed E-state index contributed by atoms with van der Waals surface area (Å²) in [5.41, 5.74) is 2.12. The Hall–Kier alpha value is -2.44. The van der Waals surface area contributed by atoms with Gasteiger partial charge in [-0.1, -0.05) is 30.7 Å². The molecule has 30 heavy (non-hydrogen) atoms. The second-order valence-corrected chi connectivity index (χ2v) is 8.60. The lowest BCUT2D eigenvalue weighted by Gasteiger charge is -2.35. The van der Waals surface area contributed by atoms with E-state index in [9.17, 15) is 14.0 Å². The Morgan fingerprint density at radius 1 is 1.13 bits per heavy atom. The molecule has 4 rings (SSSR count). The predicted molar refractivity (Wildman–Crippen MR) is 115 cm³/mol. The van der Waals surface area contributed by atoms with Crippen LogP contribution in [0.3, 0.4) is 0 Å². The first kappa shape index (κ1) is 20.8. The predicted octanol–water partition coefficient (Wildman–Crippen LogP) is 4.03. The van der Waals surface area contributed by atoms with Gasteiger partial charge in [0.05, 0.1) is 0 Å². The number of carbonyl (C=O) groups is 2. The molecule has 0 radical (unpaired) electrons. The number of anilines is 1. The fourth-order valence-electron chi connectivity index (χ4n) is 3.83. The molecule has 7 heteroatoms. The third-order valence-corrected chi connectivity index (χ3v) is 6.24. The first-order valence-electron chi connectivity index (χ1n) is 10.3. The van der Waals surface area contributed by atoms with E-state index in [4.69, 9.17) is 11.6 Å². The van der Waals surface area contributed by atoms with E-state index in [1.165, 1.54) is 12.1 Å². The zero-order valence-corrected chi connectivity index (χ0v) is 17.7. The summed E-state index contributed by atoms with van der Waals surface area (Å²) >= 11 is 6.13. The highest BCUT2D eigenvalue weighted by Crippen LogP contribution is 2.38. The van der Waals surface area contributed by atoms with Gasteiger partial charge in [-0.2, -0.15) is 0 Å². The molecule has 1 saturated heterocycles. The molecule has 1 heterocycles. The summed E-state index contributed by atoms with van der Waals surface area (Å²) in [5.74, 6) is 0.178. The number of rotatable bonds is 5. The van der Waals surface area contributed by atoms with Gasteiger partial charge in [-0.25, -0.2) is 4.39 Å². The van der Waals surface area contributed by atoms with Gasteiger partial charge in [-0.05, 0) is 48.2 Å². The topological polar surface area (TPSA) is 52.7 Å². The lowest BCUT2D eigenvalue weighted by Crippen LogP contribution is -2.48. The zero-order chi connectivity index (χ0) is 21.3. The molecule has 2 aromatic carbocycles. The van der Waals surface area contributed by atoms with Crippen LogP contribution in [0.2, 0.25) is 5.02 Å². The van der Waals surface area contributed by atoms with Crippen LogP contribution in [0, 0.1) is 17.7 Å². The van der Waals surface area contributed by atoms with Crippen molar-refractivity contribution in [1.29, 1.82) is 0 Å². The van der Waals surface area contributed by atoms with Crippen molar-refractivity contribution in [2.24, 2.45) is 11.8 Å². The number of amides is 2. The number of halogens is 2. The normalized spacial score (nSPS) is 21.4. The Labute approximate surface area is 180 Å². The summed E-state index contributed by atoms with van der Waals surface area (Å²) in [6.45, 7) is 5.34. The maximum absolute atomic E-state index is 13.2. The molecule has 1 saturated carbocycles. The molecule has 0 bridgehead atoms. The molecular weight excluding hydrogens is 405 g/mol. The van der Waals surface area contributed by atoms with Gasteiger partial charge < -0.3 is 10.2 Å². The molecule has 1 aliphatic heterocycles. The maximum Gasteiger partial charge on any atom is 0.254 e. The van der Waals surface area contributed by atoms with Crippen LogP contribution in [0.25, 0.3) is 0 Å². The lowest BCUT2D eigenvalue weighted by atomic mass is 10.1. The van der Waals surface area contributed by atoms with Crippen molar-refractivity contribution in [2.45, 2.75) is 19.9 Å². The number of hydrogen-bond donors (Lipinski definition) is 1. The molecule has 158 valence electrons. The van der Waals surface area contributed by atoms with Gasteiger partial charge in [0.2, 0.25) is 5.91 Å². The molecular formula is C23H25ClFN3O2. The standard InChI is InChI=1S/C23H25ClFN3O2/c1-15-11-20(15)22(29)26-19-4-2-3-16(12-19)23(30)28-9-7-27(8-10-28)14-17-5-6-18(25)13-21(17)24/h2-6,12-13,15,20H,7-11,14H2,1H3,(H,26,29). The highest BCUT2D eigenvalue weighted by atomic mass is 35.5. The van der Waals surface area contributed by atoms with Crippen LogP contribution < -0.4 is 5.32 Å². The minimum absolute atomic E-state index is 0.0279. The summed E-state index contributed by atoms with van der Waals surface area (Å²) < 4.78 is 13.2. The Kier molecular flexibility index (Phi) is 6.06. The largest absolute Gasteiger partial charge is 0.336 e. The third kappa shape index (κ3) is 4.82. The van der Waals surface area contributed by atoms with Crippen LogP contribution in [-0.4, -0.2) is 47.8 Å². The Morgan fingerprint density at radius 3 is 2.53 bits per heavy atom. The SMILES string of the molecule is CC1CC1C(=O)Nc1cccc(C(=O)N2CCN(Cc3ccc(F)cc3Cl)CC2)c1. The van der Waals surface area contributed by atoms with Crippen molar-refractivity contribution in [2.75, 3.05) is 31.5 Å². The highest BCUT2D eigenvalue weighted by molar-refractivity contribution is 6.31. The highest BCUT2D eigenvalue weighted by Gasteiger charge is 2.39. The summed E-state index contributed by atoms with van der Waals surface area (Å²) in [6, 6.07) is 11.6. The number of nitrogens with zero attached hydrogens (tertiary/aromatic N) is 2. The summed E-state index contributed by atoms with van der Waals surface area (Å²) in [5, 5.41) is 3.34. The van der Waals surface area contributed by atoms with Gasteiger partial charge >= 0.3 is 0 Å². The average Bonchev–Trinajstić information content (AvgIpc) is 3.47. The van der Waals surface area contributed by atoms with E-state index in [2.05, 4.69) is 17.1 Å². The number of carbonyl (C=O) groups excluding carboxylic acids is 2. The van der Waals surface area contributed by atoms with E-state index >= 15 is 0 Å². The number of nitrogens with one attached hydrogen (secondary N) is 1. The molecule has 0 spiro atoms. The summed E-state index contributed by atoms with van der Waals surface area (Å²) in [4.78, 5) is 29.1. The molecule has 2 fully saturated rings. The Balaban J connectivity index is 1.33. The maximum atomic E-state index is 13.2. The quantitative estimate of drug-likeness (QED) is 0.780. The van der Waals surface area contributed by atoms with Crippen molar-refractivity contribution < 1.29 is 14.0 Å². The van der Waals surface area contributed by atoms with Gasteiger partial charge in [0, 0.05) is 54.9 Å². The summed E-state index contributed by atoms with van der Waals surface area (Å²) in [6.07, 6.45) is 0.928. The number of hydrogen-bond acceptors (Lipinski definition) is 3. The van der Waals surface area contributed by atoms with E-state index in [1.54, 1.807) is 24.3 Å². The molecule has 2 aromatic rings. The van der Waals surface area contributed by atoms with Crippen LogP contribution in [0.5, 0.6) is 0 Å². The van der Waals surface area contributed by atoms with Gasteiger partial charge in [-0.15, -0.1) is 0 Å². The minimum atomic E-state index is -0.343. The Morgan fingerprint density at radius 2 is 1.87 bits per heavy atom. The van der Waals surface area contributed by atoms with Gasteiger partial charge in [0.15, 0.2) is 0 Å². The van der Waals surface area contributed by atoms with E-state index in [0.717, 1.165) is 25.1 Å². The van der Waals surface area contributed by atoms with Crippen LogP contribution in [0.1, 0.15) is 29.3 Å². The van der Waals surface area contributed by atoms with Crippen LogP contribution in [-0.2, 0) is 11.3 Å². The van der Waals surface area contributed by atoms with E-state index in [-0.39, 0.29) is 23.5 Å². The Bertz CT molecular complexity index is 959. The smallest absolute Gasteiger partial charge is 0.254 e. The molecule has 2 aliphatic rings. The van der Waals surface area contributed by atoms with Gasteiger partial charge in [-0.3, -0.25) is 14.5 Å². The summed E-state index contributed by atoms with van der Waals surface area (Å²) in [7, 11) is 0. The number of benzene rings is 2. The molecule has 2 unspecified atom stereocenters. The van der Waals surface area contributed by atoms with Crippen molar-refractivity contribution in [3.05, 3.63) is 64.4 Å². The van der Waals surface area contributed by atoms with Crippen LogP contribution >= 0.6 is 11.6 Å². The molecule has 1 N–H and O–H groups in total. The lowest BCUT2D eigenvalue weighted by molar-refractivity contribution is -0.117. The zero-order valence-electron chi connectivity index (χ0n) is 16.9. The van der Waals surface area contributed by atoms with E-state index in [1.807, 2.05) is 11.0 Å². The van der Waals surface area contributed by atoms with Gasteiger partial charge in [0.1, 0.15) is 5.82 Å². The van der Waals surface area contributed by atoms with Crippen molar-refractivity contribution in [3.8, 4) is 0 Å².